The van der Waals surface area contributed by atoms with Gasteiger partial charge in [0.15, 0.2) is 0 Å². The molecule has 0 saturated heterocycles. The van der Waals surface area contributed by atoms with Crippen molar-refractivity contribution in [2.45, 2.75) is 26.7 Å². The molecule has 0 spiro atoms. The highest BCUT2D eigenvalue weighted by Crippen LogP contribution is 2.22. The molecule has 0 bridgehead atoms. The number of hydrogen-bond acceptors (Lipinski definition) is 3. The molecule has 0 unspecified atom stereocenters. The van der Waals surface area contributed by atoms with Crippen molar-refractivity contribution >= 4 is 17.3 Å². The third-order valence-corrected chi connectivity index (χ3v) is 3.64. The second kappa shape index (κ2) is 7.95. The molecule has 118 valence electrons. The first kappa shape index (κ1) is 16.5. The first-order valence-electron chi connectivity index (χ1n) is 7.44. The molecule has 0 saturated carbocycles. The topological polar surface area (TPSA) is 44.5 Å². The van der Waals surface area contributed by atoms with Gasteiger partial charge in [-0.2, -0.15) is 0 Å². The lowest BCUT2D eigenvalue weighted by molar-refractivity contribution is 0.265. The summed E-state index contributed by atoms with van der Waals surface area (Å²) >= 11 is 5.92. The number of hydrogen-bond donors (Lipinski definition) is 1. The lowest BCUT2D eigenvalue weighted by atomic mass is 10.2. The third-order valence-electron chi connectivity index (χ3n) is 3.40. The molecule has 3 nitrogen and oxygen atoms in total. The highest BCUT2D eigenvalue weighted by atomic mass is 35.5. The maximum Gasteiger partial charge on any atom is 0.124 e. The maximum absolute atomic E-state index is 5.92. The Morgan fingerprint density at radius 3 is 2.23 bits per heavy atom. The van der Waals surface area contributed by atoms with E-state index < -0.39 is 0 Å². The fourth-order valence-electron chi connectivity index (χ4n) is 2.12. The lowest BCUT2D eigenvalue weighted by Crippen LogP contribution is -2.04. The van der Waals surface area contributed by atoms with Crippen LogP contribution in [0.15, 0.2) is 36.4 Å². The smallest absolute Gasteiger partial charge is 0.124 e. The van der Waals surface area contributed by atoms with Crippen molar-refractivity contribution in [3.05, 3.63) is 52.5 Å². The first-order valence-corrected chi connectivity index (χ1v) is 7.82. The minimum Gasteiger partial charge on any atom is -0.493 e. The van der Waals surface area contributed by atoms with Crippen molar-refractivity contribution in [2.24, 2.45) is 0 Å². The van der Waals surface area contributed by atoms with E-state index in [0.717, 1.165) is 46.2 Å². The zero-order valence-corrected chi connectivity index (χ0v) is 13.8. The predicted molar refractivity (Wildman–Crippen MR) is 92.0 cm³/mol. The van der Waals surface area contributed by atoms with E-state index in [9.17, 15) is 0 Å². The lowest BCUT2D eigenvalue weighted by Gasteiger charge is -2.11. The van der Waals surface area contributed by atoms with Crippen LogP contribution in [-0.2, 0) is 0 Å². The van der Waals surface area contributed by atoms with Crippen molar-refractivity contribution in [2.75, 3.05) is 18.9 Å². The van der Waals surface area contributed by atoms with Crippen LogP contribution >= 0.6 is 11.6 Å². The molecule has 0 amide bonds. The van der Waals surface area contributed by atoms with Crippen molar-refractivity contribution in [1.29, 1.82) is 0 Å². The van der Waals surface area contributed by atoms with Gasteiger partial charge in [0.25, 0.3) is 0 Å². The summed E-state index contributed by atoms with van der Waals surface area (Å²) in [6.07, 6.45) is 1.87. The number of aryl methyl sites for hydroxylation is 2. The monoisotopic (exact) mass is 319 g/mol. The van der Waals surface area contributed by atoms with Crippen LogP contribution in [0.1, 0.15) is 24.0 Å². The number of anilines is 1. The van der Waals surface area contributed by atoms with Crippen LogP contribution < -0.4 is 15.2 Å². The standard InChI is InChI=1S/C18H22ClNO2/c1-13-5-7-16(20)12-18(13)22-10-4-3-9-21-17-8-6-15(19)11-14(17)2/h5-8,11-12H,3-4,9-10,20H2,1-2H3. The number of rotatable bonds is 7. The summed E-state index contributed by atoms with van der Waals surface area (Å²) < 4.78 is 11.5. The van der Waals surface area contributed by atoms with Gasteiger partial charge in [0.1, 0.15) is 11.5 Å². The van der Waals surface area contributed by atoms with E-state index in [0.29, 0.717) is 13.2 Å². The Kier molecular flexibility index (Phi) is 5.96. The highest BCUT2D eigenvalue weighted by molar-refractivity contribution is 6.30. The Balaban J connectivity index is 1.68. The maximum atomic E-state index is 5.92. The van der Waals surface area contributed by atoms with Gasteiger partial charge in [-0.15, -0.1) is 0 Å². The Morgan fingerprint density at radius 1 is 0.864 bits per heavy atom. The van der Waals surface area contributed by atoms with Gasteiger partial charge in [0.05, 0.1) is 13.2 Å². The van der Waals surface area contributed by atoms with Gasteiger partial charge in [-0.3, -0.25) is 0 Å². The molecule has 4 heteroatoms. The van der Waals surface area contributed by atoms with Crippen LogP contribution in [0.4, 0.5) is 5.69 Å². The van der Waals surface area contributed by atoms with E-state index in [2.05, 4.69) is 0 Å². The summed E-state index contributed by atoms with van der Waals surface area (Å²) in [6, 6.07) is 11.4. The van der Waals surface area contributed by atoms with Gasteiger partial charge in [-0.05, 0) is 62.1 Å². The molecule has 0 aliphatic carbocycles. The molecule has 0 atom stereocenters. The summed E-state index contributed by atoms with van der Waals surface area (Å²) in [5.41, 5.74) is 8.64. The Morgan fingerprint density at radius 2 is 1.55 bits per heavy atom. The largest absolute Gasteiger partial charge is 0.493 e. The SMILES string of the molecule is Cc1cc(Cl)ccc1OCCCCOc1cc(N)ccc1C. The zero-order chi connectivity index (χ0) is 15.9. The van der Waals surface area contributed by atoms with E-state index in [-0.39, 0.29) is 0 Å². The first-order chi connectivity index (χ1) is 10.6. The molecule has 0 heterocycles. The van der Waals surface area contributed by atoms with Gasteiger partial charge in [-0.1, -0.05) is 17.7 Å². The number of nitrogen functional groups attached to an aromatic ring is 1. The fourth-order valence-corrected chi connectivity index (χ4v) is 2.34. The molecule has 0 aliphatic heterocycles. The van der Waals surface area contributed by atoms with Crippen LogP contribution in [0.2, 0.25) is 5.02 Å². The molecule has 22 heavy (non-hydrogen) atoms. The molecule has 0 aliphatic rings. The van der Waals surface area contributed by atoms with Crippen LogP contribution in [0, 0.1) is 13.8 Å². The highest BCUT2D eigenvalue weighted by Gasteiger charge is 2.02. The summed E-state index contributed by atoms with van der Waals surface area (Å²) in [4.78, 5) is 0. The Hall–Kier alpha value is -1.87. The summed E-state index contributed by atoms with van der Waals surface area (Å²) in [6.45, 7) is 5.34. The van der Waals surface area contributed by atoms with Crippen molar-refractivity contribution in [3.8, 4) is 11.5 Å². The summed E-state index contributed by atoms with van der Waals surface area (Å²) in [5, 5.41) is 0.732. The van der Waals surface area contributed by atoms with Crippen molar-refractivity contribution in [3.63, 3.8) is 0 Å². The molecule has 0 fully saturated rings. The van der Waals surface area contributed by atoms with Crippen molar-refractivity contribution in [1.82, 2.24) is 0 Å². The molecular weight excluding hydrogens is 298 g/mol. The number of nitrogens with two attached hydrogens (primary N) is 1. The molecule has 2 aromatic rings. The second-order valence-corrected chi connectivity index (χ2v) is 5.78. The number of benzene rings is 2. The number of halogens is 1. The van der Waals surface area contributed by atoms with E-state index in [1.807, 2.05) is 50.2 Å². The average Bonchev–Trinajstić information content (AvgIpc) is 2.48. The molecule has 2 N–H and O–H groups in total. The van der Waals surface area contributed by atoms with Gasteiger partial charge in [-0.25, -0.2) is 0 Å². The van der Waals surface area contributed by atoms with Gasteiger partial charge in [0.2, 0.25) is 0 Å². The third kappa shape index (κ3) is 4.85. The van der Waals surface area contributed by atoms with Crippen LogP contribution in [0.5, 0.6) is 11.5 Å². The molecule has 0 aromatic heterocycles. The van der Waals surface area contributed by atoms with Crippen LogP contribution in [0.3, 0.4) is 0 Å². The molecule has 0 radical (unpaired) electrons. The quantitative estimate of drug-likeness (QED) is 0.590. The summed E-state index contributed by atoms with van der Waals surface area (Å²) in [7, 11) is 0. The number of ether oxygens (including phenoxy) is 2. The van der Waals surface area contributed by atoms with E-state index in [1.54, 1.807) is 0 Å². The van der Waals surface area contributed by atoms with E-state index in [1.165, 1.54) is 0 Å². The predicted octanol–water partition coefficient (Wildman–Crippen LogP) is 4.78. The molecular formula is C18H22ClNO2. The van der Waals surface area contributed by atoms with E-state index in [4.69, 9.17) is 26.8 Å². The Bertz CT molecular complexity index is 628. The van der Waals surface area contributed by atoms with Gasteiger partial charge < -0.3 is 15.2 Å². The fraction of sp³-hybridized carbons (Fsp3) is 0.333. The minimum absolute atomic E-state index is 0.660. The van der Waals surface area contributed by atoms with Crippen LogP contribution in [-0.4, -0.2) is 13.2 Å². The Labute approximate surface area is 137 Å². The minimum atomic E-state index is 0.660. The number of unbranched alkanes of at least 4 members (excludes halogenated alkanes) is 1. The van der Waals surface area contributed by atoms with Crippen molar-refractivity contribution < 1.29 is 9.47 Å². The molecule has 2 aromatic carbocycles. The average molecular weight is 320 g/mol. The van der Waals surface area contributed by atoms with Gasteiger partial charge in [0, 0.05) is 16.8 Å². The zero-order valence-electron chi connectivity index (χ0n) is 13.1. The summed E-state index contributed by atoms with van der Waals surface area (Å²) in [5.74, 6) is 1.74. The van der Waals surface area contributed by atoms with Crippen LogP contribution in [0.25, 0.3) is 0 Å². The second-order valence-electron chi connectivity index (χ2n) is 5.34. The van der Waals surface area contributed by atoms with Gasteiger partial charge >= 0.3 is 0 Å². The molecule has 2 rings (SSSR count). The van der Waals surface area contributed by atoms with E-state index >= 15 is 0 Å². The normalized spacial score (nSPS) is 10.5.